The van der Waals surface area contributed by atoms with Gasteiger partial charge in [0.1, 0.15) is 11.4 Å². The predicted molar refractivity (Wildman–Crippen MR) is 64.2 cm³/mol. The van der Waals surface area contributed by atoms with Gasteiger partial charge in [-0.3, -0.25) is 0 Å². The summed E-state index contributed by atoms with van der Waals surface area (Å²) in [5.41, 5.74) is 6.78. The molecule has 0 spiro atoms. The number of hydrogen-bond acceptors (Lipinski definition) is 2. The number of rotatable bonds is 5. The highest BCUT2D eigenvalue weighted by Gasteiger charge is 2.21. The normalized spacial score (nSPS) is 14.7. The van der Waals surface area contributed by atoms with E-state index in [1.165, 1.54) is 5.56 Å². The third kappa shape index (κ3) is 3.24. The molecule has 0 heterocycles. The molecule has 0 amide bonds. The quantitative estimate of drug-likeness (QED) is 0.805. The number of ether oxygens (including phenoxy) is 1. The van der Waals surface area contributed by atoms with Gasteiger partial charge in [0.2, 0.25) is 0 Å². The van der Waals surface area contributed by atoms with Gasteiger partial charge in [-0.1, -0.05) is 26.0 Å². The van der Waals surface area contributed by atoms with Crippen LogP contribution in [0, 0.1) is 0 Å². The maximum absolute atomic E-state index is 5.87. The molecule has 0 aliphatic carbocycles. The molecular weight excluding hydrogens is 186 g/mol. The number of hydrogen-bond donors (Lipinski definition) is 1. The van der Waals surface area contributed by atoms with Gasteiger partial charge in [-0.05, 0) is 37.5 Å². The van der Waals surface area contributed by atoms with Crippen LogP contribution in [0.4, 0.5) is 0 Å². The van der Waals surface area contributed by atoms with E-state index in [0.29, 0.717) is 6.54 Å². The van der Waals surface area contributed by atoms with E-state index in [2.05, 4.69) is 26.0 Å². The summed E-state index contributed by atoms with van der Waals surface area (Å²) >= 11 is 0. The Labute approximate surface area is 92.4 Å². The minimum Gasteiger partial charge on any atom is -0.486 e. The minimum absolute atomic E-state index is 0.242. The highest BCUT2D eigenvalue weighted by atomic mass is 16.5. The molecule has 15 heavy (non-hydrogen) atoms. The molecular formula is C13H21NO. The molecule has 0 saturated carbocycles. The summed E-state index contributed by atoms with van der Waals surface area (Å²) in [6.07, 6.45) is 1.97. The van der Waals surface area contributed by atoms with Gasteiger partial charge in [-0.25, -0.2) is 0 Å². The highest BCUT2D eigenvalue weighted by molar-refractivity contribution is 5.27. The molecule has 0 fully saturated rings. The average molecular weight is 207 g/mol. The van der Waals surface area contributed by atoms with Crippen molar-refractivity contribution in [2.45, 2.75) is 39.2 Å². The predicted octanol–water partition coefficient (Wildman–Crippen LogP) is 2.76. The topological polar surface area (TPSA) is 35.2 Å². The fourth-order valence-electron chi connectivity index (χ4n) is 1.34. The van der Waals surface area contributed by atoms with E-state index in [0.717, 1.165) is 18.6 Å². The fourth-order valence-corrected chi connectivity index (χ4v) is 1.34. The summed E-state index contributed by atoms with van der Waals surface area (Å²) in [7, 11) is 0. The van der Waals surface area contributed by atoms with Gasteiger partial charge in [-0.2, -0.15) is 0 Å². The van der Waals surface area contributed by atoms with Gasteiger partial charge >= 0.3 is 0 Å². The van der Waals surface area contributed by atoms with Crippen LogP contribution in [0.25, 0.3) is 0 Å². The molecule has 0 aliphatic heterocycles. The minimum atomic E-state index is -0.242. The SMILES string of the molecule is CCc1ccc(OC(C)(CC)CN)cc1. The molecule has 0 radical (unpaired) electrons. The lowest BCUT2D eigenvalue weighted by Gasteiger charge is -2.28. The lowest BCUT2D eigenvalue weighted by Crippen LogP contribution is -2.39. The Bertz CT molecular complexity index is 288. The van der Waals surface area contributed by atoms with E-state index in [1.807, 2.05) is 19.1 Å². The van der Waals surface area contributed by atoms with Crippen LogP contribution < -0.4 is 10.5 Å². The van der Waals surface area contributed by atoms with Crippen LogP contribution in [-0.4, -0.2) is 12.1 Å². The molecule has 84 valence electrons. The monoisotopic (exact) mass is 207 g/mol. The molecule has 0 aromatic heterocycles. The zero-order valence-corrected chi connectivity index (χ0v) is 9.92. The first-order chi connectivity index (χ1) is 7.13. The third-order valence-corrected chi connectivity index (χ3v) is 2.88. The second-order valence-electron chi connectivity index (χ2n) is 4.11. The molecule has 2 nitrogen and oxygen atoms in total. The van der Waals surface area contributed by atoms with Gasteiger partial charge in [0, 0.05) is 6.54 Å². The van der Waals surface area contributed by atoms with Crippen LogP contribution in [0.3, 0.4) is 0 Å². The van der Waals surface area contributed by atoms with Crippen molar-refractivity contribution in [1.82, 2.24) is 0 Å². The molecule has 1 aromatic carbocycles. The van der Waals surface area contributed by atoms with Crippen LogP contribution in [0.5, 0.6) is 5.75 Å². The Morgan fingerprint density at radius 2 is 1.80 bits per heavy atom. The van der Waals surface area contributed by atoms with E-state index >= 15 is 0 Å². The summed E-state index contributed by atoms with van der Waals surface area (Å²) in [4.78, 5) is 0. The summed E-state index contributed by atoms with van der Waals surface area (Å²) in [5.74, 6) is 0.905. The summed E-state index contributed by atoms with van der Waals surface area (Å²) in [6, 6.07) is 8.23. The first-order valence-corrected chi connectivity index (χ1v) is 5.61. The van der Waals surface area contributed by atoms with E-state index in [4.69, 9.17) is 10.5 Å². The van der Waals surface area contributed by atoms with E-state index in [1.54, 1.807) is 0 Å². The molecule has 1 aromatic rings. The second kappa shape index (κ2) is 5.17. The number of aryl methyl sites for hydroxylation is 1. The second-order valence-corrected chi connectivity index (χ2v) is 4.11. The highest BCUT2D eigenvalue weighted by Crippen LogP contribution is 2.20. The summed E-state index contributed by atoms with van der Waals surface area (Å²) < 4.78 is 5.87. The Kier molecular flexibility index (Phi) is 4.15. The lowest BCUT2D eigenvalue weighted by molar-refractivity contribution is 0.0935. The van der Waals surface area contributed by atoms with Crippen LogP contribution in [0.2, 0.25) is 0 Å². The third-order valence-electron chi connectivity index (χ3n) is 2.88. The van der Waals surface area contributed by atoms with Crippen molar-refractivity contribution in [2.24, 2.45) is 5.73 Å². The van der Waals surface area contributed by atoms with Gasteiger partial charge in [0.15, 0.2) is 0 Å². The first-order valence-electron chi connectivity index (χ1n) is 5.61. The summed E-state index contributed by atoms with van der Waals surface area (Å²) in [5, 5.41) is 0. The lowest BCUT2D eigenvalue weighted by atomic mass is 10.0. The first kappa shape index (κ1) is 12.1. The van der Waals surface area contributed by atoms with Crippen LogP contribution in [0.1, 0.15) is 32.8 Å². The van der Waals surface area contributed by atoms with Gasteiger partial charge < -0.3 is 10.5 Å². The van der Waals surface area contributed by atoms with Crippen molar-refractivity contribution in [2.75, 3.05) is 6.54 Å². The Balaban J connectivity index is 2.71. The van der Waals surface area contributed by atoms with Crippen molar-refractivity contribution in [3.63, 3.8) is 0 Å². The van der Waals surface area contributed by atoms with E-state index in [9.17, 15) is 0 Å². The zero-order valence-electron chi connectivity index (χ0n) is 9.92. The summed E-state index contributed by atoms with van der Waals surface area (Å²) in [6.45, 7) is 6.82. The van der Waals surface area contributed by atoms with Crippen LogP contribution in [0.15, 0.2) is 24.3 Å². The molecule has 1 atom stereocenters. The molecule has 0 bridgehead atoms. The molecule has 1 unspecified atom stereocenters. The Morgan fingerprint density at radius 1 is 1.20 bits per heavy atom. The molecule has 0 saturated heterocycles. The van der Waals surface area contributed by atoms with E-state index in [-0.39, 0.29) is 5.60 Å². The van der Waals surface area contributed by atoms with Gasteiger partial charge in [0.25, 0.3) is 0 Å². The number of nitrogens with two attached hydrogens (primary N) is 1. The largest absolute Gasteiger partial charge is 0.486 e. The van der Waals surface area contributed by atoms with Crippen molar-refractivity contribution >= 4 is 0 Å². The molecule has 2 heteroatoms. The molecule has 2 N–H and O–H groups in total. The Hall–Kier alpha value is -1.02. The Morgan fingerprint density at radius 3 is 2.20 bits per heavy atom. The van der Waals surface area contributed by atoms with Crippen molar-refractivity contribution in [3.8, 4) is 5.75 Å². The number of benzene rings is 1. The zero-order chi connectivity index (χ0) is 11.3. The smallest absolute Gasteiger partial charge is 0.120 e. The van der Waals surface area contributed by atoms with Crippen LogP contribution >= 0.6 is 0 Å². The van der Waals surface area contributed by atoms with Crippen LogP contribution in [-0.2, 0) is 6.42 Å². The maximum Gasteiger partial charge on any atom is 0.120 e. The molecule has 0 aliphatic rings. The van der Waals surface area contributed by atoms with Crippen molar-refractivity contribution < 1.29 is 4.74 Å². The average Bonchev–Trinajstić information content (AvgIpc) is 2.30. The fraction of sp³-hybridized carbons (Fsp3) is 0.538. The van der Waals surface area contributed by atoms with Gasteiger partial charge in [0.05, 0.1) is 0 Å². The van der Waals surface area contributed by atoms with E-state index < -0.39 is 0 Å². The van der Waals surface area contributed by atoms with Gasteiger partial charge in [-0.15, -0.1) is 0 Å². The molecule has 1 rings (SSSR count). The van der Waals surface area contributed by atoms with Crippen molar-refractivity contribution in [1.29, 1.82) is 0 Å². The van der Waals surface area contributed by atoms with Crippen molar-refractivity contribution in [3.05, 3.63) is 29.8 Å². The standard InChI is InChI=1S/C13H21NO/c1-4-11-6-8-12(9-7-11)15-13(3,5-2)10-14/h6-9H,4-5,10,14H2,1-3H3. The maximum atomic E-state index is 5.87.